The maximum Gasteiger partial charge on any atom is 0.256 e. The van der Waals surface area contributed by atoms with Crippen LogP contribution >= 0.6 is 15.9 Å². The highest BCUT2D eigenvalue weighted by Crippen LogP contribution is 2.34. The summed E-state index contributed by atoms with van der Waals surface area (Å²) in [5.41, 5.74) is 4.49. The quantitative estimate of drug-likeness (QED) is 0.348. The van der Waals surface area contributed by atoms with E-state index in [1.54, 1.807) is 0 Å². The van der Waals surface area contributed by atoms with Gasteiger partial charge in [-0.15, -0.1) is 0 Å². The van der Waals surface area contributed by atoms with Gasteiger partial charge >= 0.3 is 0 Å². The van der Waals surface area contributed by atoms with Crippen LogP contribution in [-0.2, 0) is 11.4 Å². The molecule has 0 spiro atoms. The molecule has 1 heterocycles. The van der Waals surface area contributed by atoms with Gasteiger partial charge in [0, 0.05) is 16.8 Å². The van der Waals surface area contributed by atoms with Crippen molar-refractivity contribution in [2.24, 2.45) is 0 Å². The van der Waals surface area contributed by atoms with E-state index in [-0.39, 0.29) is 5.91 Å². The first-order chi connectivity index (χ1) is 14.7. The average molecular weight is 456 g/mol. The number of carbonyl (C=O) groups excluding carboxylic acids is 1. The molecule has 0 radical (unpaired) electrons. The first kappa shape index (κ1) is 18.6. The Kier molecular flexibility index (Phi) is 4.85. The van der Waals surface area contributed by atoms with E-state index in [1.807, 2.05) is 60.7 Å². The van der Waals surface area contributed by atoms with E-state index in [4.69, 9.17) is 4.74 Å². The molecule has 3 nitrogen and oxygen atoms in total. The smallest absolute Gasteiger partial charge is 0.256 e. The van der Waals surface area contributed by atoms with E-state index in [0.717, 1.165) is 32.6 Å². The maximum absolute atomic E-state index is 12.3. The molecule has 1 aliphatic heterocycles. The number of para-hydroxylation sites is 1. The lowest BCUT2D eigenvalue weighted by atomic mass is 10.0. The van der Waals surface area contributed by atoms with E-state index in [2.05, 4.69) is 51.6 Å². The second kappa shape index (κ2) is 7.81. The summed E-state index contributed by atoms with van der Waals surface area (Å²) in [6.45, 7) is 0.486. The standard InChI is InChI=1S/C26H18BrNO2/c27-23-15-17(14-22-21-7-3-4-8-24(21)28-26(22)29)10-12-25(23)30-16-18-9-11-19-5-1-2-6-20(19)13-18/h1-15H,16H2,(H,28,29). The fourth-order valence-electron chi connectivity index (χ4n) is 3.66. The molecule has 1 N–H and O–H groups in total. The van der Waals surface area contributed by atoms with Crippen molar-refractivity contribution in [1.29, 1.82) is 0 Å². The number of benzene rings is 4. The minimum absolute atomic E-state index is 0.0797. The topological polar surface area (TPSA) is 38.3 Å². The number of rotatable bonds is 4. The fraction of sp³-hybridized carbons (Fsp3) is 0.0385. The van der Waals surface area contributed by atoms with E-state index in [9.17, 15) is 4.79 Å². The Morgan fingerprint density at radius 1 is 0.867 bits per heavy atom. The molecule has 0 aliphatic carbocycles. The van der Waals surface area contributed by atoms with Crippen LogP contribution in [0.25, 0.3) is 22.4 Å². The van der Waals surface area contributed by atoms with Crippen LogP contribution in [0.5, 0.6) is 5.75 Å². The van der Waals surface area contributed by atoms with Crippen LogP contribution in [0.2, 0.25) is 0 Å². The normalized spacial score (nSPS) is 14.0. The van der Waals surface area contributed by atoms with Crippen LogP contribution in [-0.4, -0.2) is 5.91 Å². The van der Waals surface area contributed by atoms with Crippen molar-refractivity contribution < 1.29 is 9.53 Å². The average Bonchev–Trinajstić information content (AvgIpc) is 3.08. The number of nitrogens with one attached hydrogen (secondary N) is 1. The van der Waals surface area contributed by atoms with Gasteiger partial charge in [0.05, 0.1) is 4.47 Å². The van der Waals surface area contributed by atoms with Gasteiger partial charge in [0.15, 0.2) is 0 Å². The molecule has 30 heavy (non-hydrogen) atoms. The summed E-state index contributed by atoms with van der Waals surface area (Å²) >= 11 is 3.60. The van der Waals surface area contributed by atoms with Gasteiger partial charge in [-0.3, -0.25) is 4.79 Å². The van der Waals surface area contributed by atoms with Crippen LogP contribution in [0.1, 0.15) is 16.7 Å². The Hall–Kier alpha value is -3.37. The van der Waals surface area contributed by atoms with Gasteiger partial charge in [0.2, 0.25) is 0 Å². The predicted octanol–water partition coefficient (Wildman–Crippen LogP) is 6.67. The van der Waals surface area contributed by atoms with Crippen molar-refractivity contribution in [3.63, 3.8) is 0 Å². The van der Waals surface area contributed by atoms with Gasteiger partial charge in [-0.05, 0) is 68.2 Å². The fourth-order valence-corrected chi connectivity index (χ4v) is 4.17. The summed E-state index contributed by atoms with van der Waals surface area (Å²) in [6.07, 6.45) is 1.90. The number of hydrogen-bond acceptors (Lipinski definition) is 2. The molecular formula is C26H18BrNO2. The van der Waals surface area contributed by atoms with Gasteiger partial charge in [-0.2, -0.15) is 0 Å². The van der Waals surface area contributed by atoms with Crippen LogP contribution in [0.3, 0.4) is 0 Å². The highest BCUT2D eigenvalue weighted by Gasteiger charge is 2.23. The van der Waals surface area contributed by atoms with Crippen molar-refractivity contribution in [3.8, 4) is 5.75 Å². The Balaban J connectivity index is 1.35. The van der Waals surface area contributed by atoms with Crippen LogP contribution in [0.15, 0.2) is 89.4 Å². The second-order valence-electron chi connectivity index (χ2n) is 7.22. The molecule has 4 heteroatoms. The number of hydrogen-bond donors (Lipinski definition) is 1. The van der Waals surface area contributed by atoms with Gasteiger partial charge in [-0.25, -0.2) is 0 Å². The molecule has 146 valence electrons. The molecule has 0 saturated heterocycles. The third kappa shape index (κ3) is 3.62. The molecular weight excluding hydrogens is 438 g/mol. The zero-order chi connectivity index (χ0) is 20.5. The SMILES string of the molecule is O=C1Nc2ccccc2C1=Cc1ccc(OCc2ccc3ccccc3c2)c(Br)c1. The Labute approximate surface area is 183 Å². The zero-order valence-electron chi connectivity index (χ0n) is 16.1. The molecule has 0 atom stereocenters. The third-order valence-electron chi connectivity index (χ3n) is 5.19. The van der Waals surface area contributed by atoms with Gasteiger partial charge in [0.1, 0.15) is 12.4 Å². The number of amides is 1. The molecule has 4 aromatic carbocycles. The highest BCUT2D eigenvalue weighted by molar-refractivity contribution is 9.10. The van der Waals surface area contributed by atoms with Crippen molar-refractivity contribution >= 4 is 49.9 Å². The molecule has 0 saturated carbocycles. The van der Waals surface area contributed by atoms with Crippen LogP contribution in [0, 0.1) is 0 Å². The number of halogens is 1. The summed E-state index contributed by atoms with van der Waals surface area (Å²) < 4.78 is 6.88. The molecule has 0 aromatic heterocycles. The number of fused-ring (bicyclic) bond motifs is 2. The van der Waals surface area contributed by atoms with Gasteiger partial charge < -0.3 is 10.1 Å². The van der Waals surface area contributed by atoms with Crippen molar-refractivity contribution in [2.75, 3.05) is 5.32 Å². The van der Waals surface area contributed by atoms with E-state index >= 15 is 0 Å². The lowest BCUT2D eigenvalue weighted by molar-refractivity contribution is -0.110. The molecule has 1 aliphatic rings. The molecule has 1 amide bonds. The zero-order valence-corrected chi connectivity index (χ0v) is 17.6. The van der Waals surface area contributed by atoms with E-state index in [1.165, 1.54) is 10.8 Å². The number of anilines is 1. The Morgan fingerprint density at radius 3 is 2.53 bits per heavy atom. The van der Waals surface area contributed by atoms with E-state index < -0.39 is 0 Å². The molecule has 4 aromatic rings. The number of ether oxygens (including phenoxy) is 1. The Bertz CT molecular complexity index is 1310. The lowest BCUT2D eigenvalue weighted by Gasteiger charge is -2.10. The molecule has 0 unspecified atom stereocenters. The van der Waals surface area contributed by atoms with Crippen LogP contribution < -0.4 is 10.1 Å². The van der Waals surface area contributed by atoms with Crippen molar-refractivity contribution in [1.82, 2.24) is 0 Å². The molecule has 0 fully saturated rings. The third-order valence-corrected chi connectivity index (χ3v) is 5.80. The predicted molar refractivity (Wildman–Crippen MR) is 125 cm³/mol. The van der Waals surface area contributed by atoms with Crippen molar-refractivity contribution in [3.05, 3.63) is 106 Å². The highest BCUT2D eigenvalue weighted by atomic mass is 79.9. The first-order valence-electron chi connectivity index (χ1n) is 9.70. The minimum Gasteiger partial charge on any atom is -0.488 e. The van der Waals surface area contributed by atoms with Crippen LogP contribution in [0.4, 0.5) is 5.69 Å². The van der Waals surface area contributed by atoms with E-state index in [0.29, 0.717) is 12.2 Å². The summed E-state index contributed by atoms with van der Waals surface area (Å²) in [5.74, 6) is 0.686. The van der Waals surface area contributed by atoms with Gasteiger partial charge in [-0.1, -0.05) is 60.7 Å². The van der Waals surface area contributed by atoms with Gasteiger partial charge in [0.25, 0.3) is 5.91 Å². The largest absolute Gasteiger partial charge is 0.488 e. The summed E-state index contributed by atoms with van der Waals surface area (Å²) in [7, 11) is 0. The summed E-state index contributed by atoms with van der Waals surface area (Å²) in [6, 6.07) is 28.2. The molecule has 0 bridgehead atoms. The maximum atomic E-state index is 12.3. The monoisotopic (exact) mass is 455 g/mol. The second-order valence-corrected chi connectivity index (χ2v) is 8.07. The molecule has 5 rings (SSSR count). The number of carbonyl (C=O) groups is 1. The lowest BCUT2D eigenvalue weighted by Crippen LogP contribution is -2.03. The minimum atomic E-state index is -0.0797. The summed E-state index contributed by atoms with van der Waals surface area (Å²) in [4.78, 5) is 12.3. The van der Waals surface area contributed by atoms with Crippen molar-refractivity contribution in [2.45, 2.75) is 6.61 Å². The summed E-state index contributed by atoms with van der Waals surface area (Å²) in [5, 5.41) is 5.32. The first-order valence-corrected chi connectivity index (χ1v) is 10.5. The Morgan fingerprint density at radius 2 is 1.67 bits per heavy atom.